The van der Waals surface area contributed by atoms with Crippen LogP contribution in [0.4, 0.5) is 0 Å². The summed E-state index contributed by atoms with van der Waals surface area (Å²) >= 11 is 0. The van der Waals surface area contributed by atoms with Crippen LogP contribution in [-0.2, 0) is 14.1 Å². The van der Waals surface area contributed by atoms with Crippen molar-refractivity contribution in [3.63, 3.8) is 0 Å². The molecule has 0 amide bonds. The third-order valence-electron chi connectivity index (χ3n) is 3.58. The van der Waals surface area contributed by atoms with Crippen LogP contribution in [0.25, 0.3) is 0 Å². The highest BCUT2D eigenvalue weighted by atomic mass is 16.5. The number of ether oxygens (including phenoxy) is 2. The molecule has 130 valence electrons. The number of nitrogens with zero attached hydrogens (tertiary/aromatic N) is 3. The largest absolute Gasteiger partial charge is 0.375 e. The average molecular weight is 351 g/mol. The van der Waals surface area contributed by atoms with Gasteiger partial charge in [0.1, 0.15) is 25.5 Å². The summed E-state index contributed by atoms with van der Waals surface area (Å²) in [6, 6.07) is 15.0. The maximum absolute atomic E-state index is 12.3. The second-order valence-electron chi connectivity index (χ2n) is 5.49. The van der Waals surface area contributed by atoms with Gasteiger partial charge in [-0.2, -0.15) is 9.13 Å². The molecule has 0 aliphatic carbocycles. The molecule has 0 saturated carbocycles. The topological polar surface area (TPSA) is 73.2 Å². The van der Waals surface area contributed by atoms with Gasteiger partial charge in [0, 0.05) is 12.1 Å². The van der Waals surface area contributed by atoms with E-state index in [0.29, 0.717) is 11.8 Å². The minimum atomic E-state index is -0.660. The number of esters is 2. The molecule has 0 unspecified atom stereocenters. The van der Waals surface area contributed by atoms with Gasteiger partial charge in [-0.25, -0.2) is 14.6 Å². The van der Waals surface area contributed by atoms with Crippen LogP contribution < -0.4 is 18.6 Å². The zero-order chi connectivity index (χ0) is 18.5. The van der Waals surface area contributed by atoms with E-state index in [1.165, 1.54) is 12.1 Å². The minimum absolute atomic E-state index is 0.0146. The highest BCUT2D eigenvalue weighted by Gasteiger charge is 2.20. The van der Waals surface area contributed by atoms with Gasteiger partial charge in [-0.3, -0.25) is 0 Å². The summed E-state index contributed by atoms with van der Waals surface area (Å²) in [7, 11) is 3.51. The van der Waals surface area contributed by atoms with Crippen molar-refractivity contribution in [1.29, 1.82) is 0 Å². The van der Waals surface area contributed by atoms with Gasteiger partial charge in [0.25, 0.3) is 0 Å². The molecule has 0 aromatic carbocycles. The van der Waals surface area contributed by atoms with Crippen molar-refractivity contribution in [2.24, 2.45) is 14.1 Å². The number of carbonyl (C=O) groups excluding carboxylic acids is 2. The Kier molecular flexibility index (Phi) is 4.98. The van der Waals surface area contributed by atoms with Crippen LogP contribution in [0.2, 0.25) is 0 Å². The molecule has 0 aliphatic rings. The lowest BCUT2D eigenvalue weighted by molar-refractivity contribution is -0.675. The SMILES string of the molecule is C[n+]1ccccc1OC(=O)c1cccc(C(=O)Oc2cccc[n+]2C)n1. The molecule has 0 bridgehead atoms. The highest BCUT2D eigenvalue weighted by molar-refractivity contribution is 5.92. The number of hydrogen-bond acceptors (Lipinski definition) is 5. The first-order valence-corrected chi connectivity index (χ1v) is 7.85. The fourth-order valence-electron chi connectivity index (χ4n) is 2.18. The maximum atomic E-state index is 12.3. The minimum Gasteiger partial charge on any atom is -0.366 e. The summed E-state index contributed by atoms with van der Waals surface area (Å²) < 4.78 is 13.9. The Morgan fingerprint density at radius 2 is 1.19 bits per heavy atom. The quantitative estimate of drug-likeness (QED) is 0.521. The molecule has 3 rings (SSSR count). The van der Waals surface area contributed by atoms with E-state index in [2.05, 4.69) is 4.98 Å². The molecular formula is C19H17N3O4+2. The van der Waals surface area contributed by atoms with Crippen molar-refractivity contribution in [3.8, 4) is 11.8 Å². The molecule has 3 aromatic rings. The third kappa shape index (κ3) is 3.89. The van der Waals surface area contributed by atoms with E-state index >= 15 is 0 Å². The number of aromatic nitrogens is 3. The van der Waals surface area contributed by atoms with Crippen LogP contribution in [0.1, 0.15) is 21.0 Å². The maximum Gasteiger partial charge on any atom is 0.375 e. The Morgan fingerprint density at radius 1 is 0.731 bits per heavy atom. The normalized spacial score (nSPS) is 10.2. The van der Waals surface area contributed by atoms with Crippen molar-refractivity contribution in [1.82, 2.24) is 4.98 Å². The zero-order valence-corrected chi connectivity index (χ0v) is 14.3. The van der Waals surface area contributed by atoms with Gasteiger partial charge in [0.2, 0.25) is 0 Å². The molecule has 0 fully saturated rings. The van der Waals surface area contributed by atoms with E-state index in [9.17, 15) is 9.59 Å². The number of pyridine rings is 3. The van der Waals surface area contributed by atoms with E-state index in [1.807, 2.05) is 12.1 Å². The standard InChI is InChI=1S/C19H17N3O4/c1-21-12-5-3-10-16(21)25-18(23)14-8-7-9-15(20-14)19(24)26-17-11-4-6-13-22(17)2/h3-13H,1-2H3/q+2. The van der Waals surface area contributed by atoms with Crippen LogP contribution in [0.5, 0.6) is 11.8 Å². The number of hydrogen-bond donors (Lipinski definition) is 0. The molecule has 7 nitrogen and oxygen atoms in total. The van der Waals surface area contributed by atoms with Gasteiger partial charge in [0.15, 0.2) is 12.4 Å². The van der Waals surface area contributed by atoms with E-state index in [1.54, 1.807) is 66.0 Å². The average Bonchev–Trinajstić information content (AvgIpc) is 2.65. The molecule has 26 heavy (non-hydrogen) atoms. The highest BCUT2D eigenvalue weighted by Crippen LogP contribution is 2.09. The van der Waals surface area contributed by atoms with Crippen molar-refractivity contribution in [2.45, 2.75) is 0 Å². The first-order valence-electron chi connectivity index (χ1n) is 7.85. The lowest BCUT2D eigenvalue weighted by Crippen LogP contribution is -2.32. The molecule has 0 saturated heterocycles. The smallest absolute Gasteiger partial charge is 0.366 e. The van der Waals surface area contributed by atoms with E-state index in [-0.39, 0.29) is 11.4 Å². The second kappa shape index (κ2) is 7.52. The summed E-state index contributed by atoms with van der Waals surface area (Å²) in [5, 5.41) is 0. The van der Waals surface area contributed by atoms with Gasteiger partial charge in [0.05, 0.1) is 12.1 Å². The Bertz CT molecular complexity index is 898. The number of carbonyl (C=O) groups is 2. The lowest BCUT2D eigenvalue weighted by atomic mass is 10.3. The third-order valence-corrected chi connectivity index (χ3v) is 3.58. The molecule has 0 N–H and O–H groups in total. The first kappa shape index (κ1) is 17.2. The Morgan fingerprint density at radius 3 is 1.62 bits per heavy atom. The molecular weight excluding hydrogens is 334 g/mol. The summed E-state index contributed by atoms with van der Waals surface area (Å²) in [5.41, 5.74) is 0.0291. The zero-order valence-electron chi connectivity index (χ0n) is 14.3. The Labute approximate surface area is 150 Å². The fraction of sp³-hybridized carbons (Fsp3) is 0.105. The molecule has 0 aliphatic heterocycles. The van der Waals surface area contributed by atoms with E-state index in [4.69, 9.17) is 9.47 Å². The lowest BCUT2D eigenvalue weighted by Gasteiger charge is -2.04. The monoisotopic (exact) mass is 351 g/mol. The predicted molar refractivity (Wildman–Crippen MR) is 89.4 cm³/mol. The van der Waals surface area contributed by atoms with E-state index in [0.717, 1.165) is 0 Å². The summed E-state index contributed by atoms with van der Waals surface area (Å²) in [4.78, 5) is 28.7. The van der Waals surface area contributed by atoms with Crippen molar-refractivity contribution in [2.75, 3.05) is 0 Å². The molecule has 0 spiro atoms. The van der Waals surface area contributed by atoms with Crippen LogP contribution in [0.3, 0.4) is 0 Å². The molecule has 3 aromatic heterocycles. The van der Waals surface area contributed by atoms with Gasteiger partial charge in [-0.15, -0.1) is 0 Å². The Balaban J connectivity index is 1.77. The molecule has 0 atom stereocenters. The van der Waals surface area contributed by atoms with Gasteiger partial charge in [-0.05, 0) is 24.3 Å². The van der Waals surface area contributed by atoms with Gasteiger partial charge in [-0.1, -0.05) is 6.07 Å². The van der Waals surface area contributed by atoms with Crippen molar-refractivity contribution >= 4 is 11.9 Å². The summed E-state index contributed by atoms with van der Waals surface area (Å²) in [5.74, 6) is -0.592. The van der Waals surface area contributed by atoms with E-state index < -0.39 is 11.9 Å². The van der Waals surface area contributed by atoms with Crippen LogP contribution in [-0.4, -0.2) is 16.9 Å². The van der Waals surface area contributed by atoms with Crippen LogP contribution in [0, 0.1) is 0 Å². The second-order valence-corrected chi connectivity index (χ2v) is 5.49. The molecule has 7 heteroatoms. The first-order chi connectivity index (χ1) is 12.5. The van der Waals surface area contributed by atoms with Crippen molar-refractivity contribution in [3.05, 3.63) is 78.4 Å². The predicted octanol–water partition coefficient (Wildman–Crippen LogP) is 1.17. The number of rotatable bonds is 4. The number of aryl methyl sites for hydroxylation is 2. The fourth-order valence-corrected chi connectivity index (χ4v) is 2.18. The Hall–Kier alpha value is -3.61. The van der Waals surface area contributed by atoms with Crippen LogP contribution in [0.15, 0.2) is 67.0 Å². The van der Waals surface area contributed by atoms with Crippen LogP contribution >= 0.6 is 0 Å². The van der Waals surface area contributed by atoms with Gasteiger partial charge < -0.3 is 9.47 Å². The molecule has 0 radical (unpaired) electrons. The van der Waals surface area contributed by atoms with Gasteiger partial charge >= 0.3 is 23.7 Å². The summed E-state index contributed by atoms with van der Waals surface area (Å²) in [6.45, 7) is 0. The van der Waals surface area contributed by atoms with Crippen molar-refractivity contribution < 1.29 is 28.2 Å². The molecule has 3 heterocycles. The summed E-state index contributed by atoms with van der Waals surface area (Å²) in [6.07, 6.45) is 3.51.